The van der Waals surface area contributed by atoms with Crippen LogP contribution in [-0.4, -0.2) is 83.4 Å². The van der Waals surface area contributed by atoms with Crippen LogP contribution < -0.4 is 16.0 Å². The first kappa shape index (κ1) is 28.4. The van der Waals surface area contributed by atoms with E-state index in [0.29, 0.717) is 38.6 Å². The topological polar surface area (TPSA) is 145 Å². The Morgan fingerprint density at radius 3 is 2.34 bits per heavy atom. The summed E-state index contributed by atoms with van der Waals surface area (Å²) in [7, 11) is 1.68. The number of carbonyl (C=O) groups is 4. The van der Waals surface area contributed by atoms with Gasteiger partial charge in [0.05, 0.1) is 13.1 Å². The van der Waals surface area contributed by atoms with Crippen LogP contribution in [0.25, 0.3) is 0 Å². The number of carboxylic acid groups (broad SMARTS) is 2. The summed E-state index contributed by atoms with van der Waals surface area (Å²) in [6.45, 7) is 2.60. The summed E-state index contributed by atoms with van der Waals surface area (Å²) in [6, 6.07) is 7.20. The van der Waals surface area contributed by atoms with Crippen molar-refractivity contribution in [3.63, 3.8) is 0 Å². The number of aliphatic carboxylic acids is 1. The van der Waals surface area contributed by atoms with Gasteiger partial charge >= 0.3 is 18.0 Å². The van der Waals surface area contributed by atoms with Crippen molar-refractivity contribution < 1.29 is 33.9 Å². The predicted octanol–water partition coefficient (Wildman–Crippen LogP) is 1.74. The van der Waals surface area contributed by atoms with Gasteiger partial charge in [-0.05, 0) is 51.6 Å². The fourth-order valence-corrected chi connectivity index (χ4v) is 4.74. The number of hydrogen-bond acceptors (Lipinski definition) is 6. The molecule has 2 rings (SSSR count). The molecule has 1 unspecified atom stereocenters. The number of likely N-dealkylation sites (N-methyl/N-ethyl adjacent to an activating group) is 1. The average molecular weight is 492 g/mol. The molecule has 3 amide bonds. The van der Waals surface area contributed by atoms with Crippen LogP contribution in [-0.2, 0) is 20.8 Å². The first-order valence-corrected chi connectivity index (χ1v) is 12.3. The van der Waals surface area contributed by atoms with E-state index < -0.39 is 34.5 Å². The maximum Gasteiger partial charge on any atom is 0.521 e. The average Bonchev–Trinajstić information content (AvgIpc) is 3.22. The first-order valence-electron chi connectivity index (χ1n) is 12.3. The van der Waals surface area contributed by atoms with Gasteiger partial charge in [-0.3, -0.25) is 14.9 Å². The van der Waals surface area contributed by atoms with Gasteiger partial charge in [-0.25, -0.2) is 4.79 Å². The number of amides is 3. The Morgan fingerprint density at radius 2 is 1.77 bits per heavy atom. The number of aryl methyl sites for hydroxylation is 1. The lowest BCUT2D eigenvalue weighted by Crippen LogP contribution is -2.65. The summed E-state index contributed by atoms with van der Waals surface area (Å²) in [5, 5.41) is 28.4. The van der Waals surface area contributed by atoms with Gasteiger partial charge < -0.3 is 20.8 Å². The van der Waals surface area contributed by atoms with Crippen molar-refractivity contribution in [2.45, 2.75) is 70.0 Å². The summed E-state index contributed by atoms with van der Waals surface area (Å²) >= 11 is 0. The zero-order chi connectivity index (χ0) is 25.8. The summed E-state index contributed by atoms with van der Waals surface area (Å²) in [4.78, 5) is 49.6. The number of carboxylic acids is 1. The van der Waals surface area contributed by atoms with Crippen molar-refractivity contribution in [3.8, 4) is 0 Å². The minimum atomic E-state index is -1.19. The van der Waals surface area contributed by atoms with Gasteiger partial charge in [0.2, 0.25) is 5.91 Å². The molecule has 10 heteroatoms. The molecule has 5 N–H and O–H groups in total. The smallest absolute Gasteiger partial charge is 0.480 e. The van der Waals surface area contributed by atoms with Gasteiger partial charge in [0.15, 0.2) is 0 Å². The predicted molar refractivity (Wildman–Crippen MR) is 131 cm³/mol. The third-order valence-electron chi connectivity index (χ3n) is 6.76. The molecule has 4 atom stereocenters. The van der Waals surface area contributed by atoms with E-state index in [4.69, 9.17) is 0 Å². The molecule has 0 radical (unpaired) electrons. The third kappa shape index (κ3) is 7.84. The van der Waals surface area contributed by atoms with E-state index in [0.717, 1.165) is 5.56 Å². The molecule has 1 aliphatic rings. The molecule has 0 spiro atoms. The summed E-state index contributed by atoms with van der Waals surface area (Å²) < 4.78 is -0.679. The lowest BCUT2D eigenvalue weighted by atomic mass is 10.0. The molecule has 1 fully saturated rings. The number of imide groups is 1. The highest BCUT2D eigenvalue weighted by molar-refractivity contribution is 5.85. The summed E-state index contributed by atoms with van der Waals surface area (Å²) in [5.41, 5.74) is 0.989. The van der Waals surface area contributed by atoms with E-state index in [1.54, 1.807) is 14.0 Å². The minimum Gasteiger partial charge on any atom is -0.480 e. The van der Waals surface area contributed by atoms with E-state index in [1.165, 1.54) is 0 Å². The first-order chi connectivity index (χ1) is 16.7. The molecule has 1 heterocycles. The van der Waals surface area contributed by atoms with Crippen molar-refractivity contribution in [1.29, 1.82) is 0 Å². The number of benzene rings is 1. The second kappa shape index (κ2) is 13.9. The number of nitrogens with one attached hydrogen (secondary N) is 3. The van der Waals surface area contributed by atoms with E-state index in [2.05, 4.69) is 16.0 Å². The van der Waals surface area contributed by atoms with Gasteiger partial charge in [0, 0.05) is 19.4 Å². The van der Waals surface area contributed by atoms with Gasteiger partial charge in [-0.1, -0.05) is 30.3 Å². The van der Waals surface area contributed by atoms with Crippen molar-refractivity contribution in [2.75, 3.05) is 26.7 Å². The highest BCUT2D eigenvalue weighted by atomic mass is 16.4. The Morgan fingerprint density at radius 1 is 1.06 bits per heavy atom. The van der Waals surface area contributed by atoms with Gasteiger partial charge in [-0.2, -0.15) is 9.28 Å². The van der Waals surface area contributed by atoms with Crippen LogP contribution in [0, 0.1) is 0 Å². The monoisotopic (exact) mass is 491 g/mol. The minimum absolute atomic E-state index is 0.133. The lowest BCUT2D eigenvalue weighted by Gasteiger charge is -2.34. The summed E-state index contributed by atoms with van der Waals surface area (Å²) in [5.74, 6) is -1.70. The van der Waals surface area contributed by atoms with Gasteiger partial charge in [0.25, 0.3) is 0 Å². The van der Waals surface area contributed by atoms with Crippen LogP contribution in [0.5, 0.6) is 0 Å². The molecule has 0 saturated carbocycles. The van der Waals surface area contributed by atoms with Crippen LogP contribution in [0.4, 0.5) is 4.79 Å². The SMILES string of the molecule is CNCC(=O)NCCCC[C@H](N[C@@H](CCc1ccccc1)C(=O)O)C(=O)[N+]1(C(=O)O)CCC[C@H]1C. The van der Waals surface area contributed by atoms with Crippen molar-refractivity contribution in [2.24, 2.45) is 0 Å². The molecule has 1 aliphatic heterocycles. The van der Waals surface area contributed by atoms with Crippen molar-refractivity contribution in [1.82, 2.24) is 16.0 Å². The number of likely N-dealkylation sites (tertiary alicyclic amines) is 1. The van der Waals surface area contributed by atoms with E-state index in [-0.39, 0.29) is 37.9 Å². The largest absolute Gasteiger partial charge is 0.521 e. The molecular weight excluding hydrogens is 452 g/mol. The zero-order valence-electron chi connectivity index (χ0n) is 20.7. The fourth-order valence-electron chi connectivity index (χ4n) is 4.74. The second-order valence-electron chi connectivity index (χ2n) is 9.21. The second-order valence-corrected chi connectivity index (χ2v) is 9.21. The Kier molecular flexibility index (Phi) is 11.3. The Hall–Kier alpha value is -2.82. The molecule has 0 bridgehead atoms. The quantitative estimate of drug-likeness (QED) is 0.195. The highest BCUT2D eigenvalue weighted by Gasteiger charge is 2.55. The highest BCUT2D eigenvalue weighted by Crippen LogP contribution is 2.30. The normalized spacial score (nSPS) is 21.3. The molecule has 1 aromatic carbocycles. The van der Waals surface area contributed by atoms with Crippen molar-refractivity contribution in [3.05, 3.63) is 35.9 Å². The third-order valence-corrected chi connectivity index (χ3v) is 6.76. The number of rotatable bonds is 14. The van der Waals surface area contributed by atoms with Crippen LogP contribution >= 0.6 is 0 Å². The van der Waals surface area contributed by atoms with Crippen LogP contribution in [0.1, 0.15) is 51.0 Å². The molecule has 35 heavy (non-hydrogen) atoms. The maximum atomic E-state index is 13.7. The number of carbonyl (C=O) groups excluding carboxylic acids is 2. The van der Waals surface area contributed by atoms with Gasteiger partial charge in [0.1, 0.15) is 18.1 Å². The van der Waals surface area contributed by atoms with E-state index in [9.17, 15) is 29.4 Å². The molecule has 194 valence electrons. The van der Waals surface area contributed by atoms with Crippen LogP contribution in [0.2, 0.25) is 0 Å². The number of hydrogen-bond donors (Lipinski definition) is 5. The molecule has 1 saturated heterocycles. The Balaban J connectivity index is 2.12. The maximum absolute atomic E-state index is 13.7. The number of unbranched alkanes of at least 4 members (excludes halogenated alkanes) is 1. The van der Waals surface area contributed by atoms with E-state index >= 15 is 0 Å². The number of nitrogens with zero attached hydrogens (tertiary/aromatic N) is 1. The Bertz CT molecular complexity index is 865. The molecule has 0 aliphatic carbocycles. The van der Waals surface area contributed by atoms with Crippen LogP contribution in [0.3, 0.4) is 0 Å². The fraction of sp³-hybridized carbons (Fsp3) is 0.600. The summed E-state index contributed by atoms with van der Waals surface area (Å²) in [6.07, 6.45) is 2.24. The molecule has 1 aromatic rings. The Labute approximate surface area is 206 Å². The number of quaternary nitrogens is 1. The molecule has 0 aromatic heterocycles. The standard InChI is InChI=1S/C25H38N4O6/c1-18-9-8-16-29(18,25(34)35)23(31)20(12-6-7-15-27-22(30)17-26-2)28-21(24(32)33)14-13-19-10-4-3-5-11-19/h3-5,10-11,18,20-21,26,28H,6-9,12-17H2,1-2H3,(H2-,27,30,32,33,34,35)/p+1/t18-,20+,21+,29?/m1/s1. The van der Waals surface area contributed by atoms with Crippen molar-refractivity contribution >= 4 is 23.9 Å². The lowest BCUT2D eigenvalue weighted by molar-refractivity contribution is -0.793. The zero-order valence-corrected chi connectivity index (χ0v) is 20.7. The molecular formula is C25H39N4O6+. The molecule has 10 nitrogen and oxygen atoms in total. The van der Waals surface area contributed by atoms with Crippen LogP contribution in [0.15, 0.2) is 30.3 Å². The van der Waals surface area contributed by atoms with Gasteiger partial charge in [-0.15, -0.1) is 0 Å². The van der Waals surface area contributed by atoms with E-state index in [1.807, 2.05) is 30.3 Å².